The fraction of sp³-hybridized carbons (Fsp3) is 0.722. The lowest BCUT2D eigenvalue weighted by atomic mass is 10.0. The van der Waals surface area contributed by atoms with Crippen molar-refractivity contribution < 1.29 is 39.3 Å². The minimum absolute atomic E-state index is 0.323. The summed E-state index contributed by atoms with van der Waals surface area (Å²) in [7, 11) is 0. The summed E-state index contributed by atoms with van der Waals surface area (Å²) in [5.41, 5.74) is 5.82. The topological polar surface area (TPSA) is 208 Å². The zero-order chi connectivity index (χ0) is 24.1. The van der Waals surface area contributed by atoms with Crippen LogP contribution in [0.4, 0.5) is 0 Å². The summed E-state index contributed by atoms with van der Waals surface area (Å²) in [5, 5.41) is 33.9. The molecule has 0 spiro atoms. The zero-order valence-electron chi connectivity index (χ0n) is 17.8. The molecule has 0 aromatic carbocycles. The van der Waals surface area contributed by atoms with E-state index in [0.29, 0.717) is 12.2 Å². The van der Waals surface area contributed by atoms with Crippen LogP contribution in [0, 0.1) is 5.92 Å². The standard InChI is InChI=1S/C18H32N4O8S/c1-9(2)14(22-15(26)10(19)6-7-31-3)17(28)20-11(4-5-13(24)25)16(27)21-12(8-23)18(29)30/h9-12,14,23H,4-8,19H2,1-3H3,(H,20,28)(H,21,27)(H,22,26)(H,24,25)(H,29,30). The number of carboxylic acid groups (broad SMARTS) is 2. The van der Waals surface area contributed by atoms with E-state index in [2.05, 4.69) is 10.6 Å². The second-order valence-electron chi connectivity index (χ2n) is 7.19. The van der Waals surface area contributed by atoms with E-state index in [1.54, 1.807) is 13.8 Å². The summed E-state index contributed by atoms with van der Waals surface area (Å²) in [4.78, 5) is 59.3. The number of aliphatic hydroxyl groups is 1. The van der Waals surface area contributed by atoms with Crippen molar-refractivity contribution >= 4 is 41.4 Å². The van der Waals surface area contributed by atoms with E-state index in [0.717, 1.165) is 0 Å². The van der Waals surface area contributed by atoms with Gasteiger partial charge in [0.05, 0.1) is 12.6 Å². The molecule has 0 bridgehead atoms. The predicted molar refractivity (Wildman–Crippen MR) is 113 cm³/mol. The van der Waals surface area contributed by atoms with Gasteiger partial charge < -0.3 is 37.0 Å². The zero-order valence-corrected chi connectivity index (χ0v) is 18.6. The Morgan fingerprint density at radius 1 is 0.903 bits per heavy atom. The van der Waals surface area contributed by atoms with Gasteiger partial charge in [-0.15, -0.1) is 0 Å². The van der Waals surface area contributed by atoms with Crippen molar-refractivity contribution in [1.29, 1.82) is 0 Å². The second kappa shape index (κ2) is 14.6. The first kappa shape index (κ1) is 28.6. The van der Waals surface area contributed by atoms with E-state index in [1.807, 2.05) is 11.6 Å². The summed E-state index contributed by atoms with van der Waals surface area (Å²) in [6.45, 7) is 2.44. The van der Waals surface area contributed by atoms with Crippen LogP contribution in [-0.4, -0.2) is 87.8 Å². The summed E-state index contributed by atoms with van der Waals surface area (Å²) >= 11 is 1.52. The van der Waals surface area contributed by atoms with Crippen LogP contribution in [0.25, 0.3) is 0 Å². The molecule has 13 heteroatoms. The average molecular weight is 465 g/mol. The number of carbonyl (C=O) groups is 5. The Morgan fingerprint density at radius 2 is 1.48 bits per heavy atom. The molecular weight excluding hydrogens is 432 g/mol. The maximum atomic E-state index is 12.7. The molecule has 8 N–H and O–H groups in total. The Bertz CT molecular complexity index is 646. The Labute approximate surface area is 184 Å². The molecule has 12 nitrogen and oxygen atoms in total. The van der Waals surface area contributed by atoms with E-state index in [-0.39, 0.29) is 12.3 Å². The summed E-state index contributed by atoms with van der Waals surface area (Å²) in [6.07, 6.45) is 1.47. The number of nitrogens with one attached hydrogen (secondary N) is 3. The van der Waals surface area contributed by atoms with Gasteiger partial charge in [0.1, 0.15) is 18.1 Å². The van der Waals surface area contributed by atoms with Gasteiger partial charge in [-0.3, -0.25) is 19.2 Å². The number of carboxylic acids is 2. The van der Waals surface area contributed by atoms with Crippen LogP contribution in [-0.2, 0) is 24.0 Å². The lowest BCUT2D eigenvalue weighted by Gasteiger charge is -2.26. The SMILES string of the molecule is CSCCC(N)C(=O)NC(C(=O)NC(CCC(=O)O)C(=O)NC(CO)C(=O)O)C(C)C. The monoisotopic (exact) mass is 464 g/mol. The molecule has 4 atom stereocenters. The van der Waals surface area contributed by atoms with Gasteiger partial charge in [-0.2, -0.15) is 11.8 Å². The fourth-order valence-corrected chi connectivity index (χ4v) is 2.92. The van der Waals surface area contributed by atoms with E-state index in [4.69, 9.17) is 21.1 Å². The summed E-state index contributed by atoms with van der Waals surface area (Å²) < 4.78 is 0. The first-order valence-electron chi connectivity index (χ1n) is 9.65. The number of hydrogen-bond donors (Lipinski definition) is 7. The highest BCUT2D eigenvalue weighted by atomic mass is 32.2. The Kier molecular flexibility index (Phi) is 13.5. The molecule has 0 aliphatic rings. The van der Waals surface area contributed by atoms with Crippen LogP contribution >= 0.6 is 11.8 Å². The predicted octanol–water partition coefficient (Wildman–Crippen LogP) is -1.88. The average Bonchev–Trinajstić information content (AvgIpc) is 2.69. The van der Waals surface area contributed by atoms with Crippen molar-refractivity contribution in [2.24, 2.45) is 11.7 Å². The number of carbonyl (C=O) groups excluding carboxylic acids is 3. The number of rotatable bonds is 15. The fourth-order valence-electron chi connectivity index (χ4n) is 2.43. The molecule has 0 rings (SSSR count). The smallest absolute Gasteiger partial charge is 0.328 e. The van der Waals surface area contributed by atoms with Crippen LogP contribution < -0.4 is 21.7 Å². The molecule has 0 aromatic rings. The van der Waals surface area contributed by atoms with Crippen LogP contribution in [0.5, 0.6) is 0 Å². The van der Waals surface area contributed by atoms with E-state index in [9.17, 15) is 24.0 Å². The van der Waals surface area contributed by atoms with Crippen molar-refractivity contribution in [3.8, 4) is 0 Å². The van der Waals surface area contributed by atoms with Crippen LogP contribution in [0.15, 0.2) is 0 Å². The molecule has 0 saturated heterocycles. The minimum Gasteiger partial charge on any atom is -0.481 e. The molecule has 0 fully saturated rings. The first-order valence-corrected chi connectivity index (χ1v) is 11.0. The third-order valence-corrected chi connectivity index (χ3v) is 4.94. The molecular formula is C18H32N4O8S. The highest BCUT2D eigenvalue weighted by molar-refractivity contribution is 7.98. The Hall–Kier alpha value is -2.38. The molecule has 0 aliphatic heterocycles. The maximum absolute atomic E-state index is 12.7. The van der Waals surface area contributed by atoms with E-state index < -0.39 is 66.9 Å². The van der Waals surface area contributed by atoms with Crippen LogP contribution in [0.3, 0.4) is 0 Å². The number of thioether (sulfide) groups is 1. The van der Waals surface area contributed by atoms with Gasteiger partial charge >= 0.3 is 11.9 Å². The van der Waals surface area contributed by atoms with E-state index in [1.165, 1.54) is 11.8 Å². The van der Waals surface area contributed by atoms with Gasteiger partial charge in [-0.25, -0.2) is 4.79 Å². The van der Waals surface area contributed by atoms with Crippen LogP contribution in [0.2, 0.25) is 0 Å². The van der Waals surface area contributed by atoms with Crippen molar-refractivity contribution in [1.82, 2.24) is 16.0 Å². The van der Waals surface area contributed by atoms with E-state index >= 15 is 0 Å². The molecule has 4 unspecified atom stereocenters. The number of amides is 3. The van der Waals surface area contributed by atoms with Crippen LogP contribution in [0.1, 0.15) is 33.1 Å². The third kappa shape index (κ3) is 11.0. The lowest BCUT2D eigenvalue weighted by molar-refractivity contribution is -0.144. The lowest BCUT2D eigenvalue weighted by Crippen LogP contribution is -2.58. The summed E-state index contributed by atoms with van der Waals surface area (Å²) in [6, 6.07) is -4.89. The second-order valence-corrected chi connectivity index (χ2v) is 8.18. The Morgan fingerprint density at radius 3 is 1.94 bits per heavy atom. The number of nitrogens with two attached hydrogens (primary N) is 1. The third-order valence-electron chi connectivity index (χ3n) is 4.29. The highest BCUT2D eigenvalue weighted by Gasteiger charge is 2.31. The first-order chi connectivity index (χ1) is 14.4. The normalized spacial score (nSPS) is 14.8. The molecule has 3 amide bonds. The van der Waals surface area contributed by atoms with Crippen molar-refractivity contribution in [2.75, 3.05) is 18.6 Å². The Balaban J connectivity index is 5.35. The van der Waals surface area contributed by atoms with Gasteiger partial charge in [-0.05, 0) is 30.8 Å². The van der Waals surface area contributed by atoms with Gasteiger partial charge in [-0.1, -0.05) is 13.8 Å². The van der Waals surface area contributed by atoms with Gasteiger partial charge in [0.25, 0.3) is 0 Å². The molecule has 0 aliphatic carbocycles. The van der Waals surface area contributed by atoms with Gasteiger partial charge in [0.2, 0.25) is 17.7 Å². The van der Waals surface area contributed by atoms with Crippen molar-refractivity contribution in [2.45, 2.75) is 57.3 Å². The number of aliphatic hydroxyl groups excluding tert-OH is 1. The number of hydrogen-bond acceptors (Lipinski definition) is 8. The van der Waals surface area contributed by atoms with Gasteiger partial charge in [0.15, 0.2) is 0 Å². The highest BCUT2D eigenvalue weighted by Crippen LogP contribution is 2.07. The maximum Gasteiger partial charge on any atom is 0.328 e. The molecule has 0 radical (unpaired) electrons. The molecule has 0 aromatic heterocycles. The number of aliphatic carboxylic acids is 2. The minimum atomic E-state index is -1.62. The van der Waals surface area contributed by atoms with Crippen molar-refractivity contribution in [3.63, 3.8) is 0 Å². The molecule has 31 heavy (non-hydrogen) atoms. The molecule has 0 heterocycles. The largest absolute Gasteiger partial charge is 0.481 e. The van der Waals surface area contributed by atoms with Gasteiger partial charge in [0, 0.05) is 6.42 Å². The van der Waals surface area contributed by atoms with Crippen molar-refractivity contribution in [3.05, 3.63) is 0 Å². The summed E-state index contributed by atoms with van der Waals surface area (Å²) in [5.74, 6) is -4.71. The quantitative estimate of drug-likeness (QED) is 0.143. The molecule has 178 valence electrons. The molecule has 0 saturated carbocycles.